The highest BCUT2D eigenvalue weighted by atomic mass is 16.3. The van der Waals surface area contributed by atoms with Gasteiger partial charge in [-0.05, 0) is 30.9 Å². The molecule has 2 heteroatoms. The summed E-state index contributed by atoms with van der Waals surface area (Å²) in [5.74, 6) is 0.200. The van der Waals surface area contributed by atoms with E-state index < -0.39 is 6.10 Å². The monoisotopic (exact) mass is 204 g/mol. The highest BCUT2D eigenvalue weighted by molar-refractivity contribution is 5.87. The van der Waals surface area contributed by atoms with Gasteiger partial charge < -0.3 is 5.11 Å². The number of aliphatic hydroxyl groups is 1. The maximum Gasteiger partial charge on any atom is 0.142 e. The first-order valence-corrected chi connectivity index (χ1v) is 5.47. The van der Waals surface area contributed by atoms with Crippen LogP contribution >= 0.6 is 0 Å². The standard InChI is InChI=1S/C13H16O2/c1-9(14)8-13(15)12-7-6-10-4-2-3-5-11(10)12/h2-5,9,12,14H,6-8H2,1H3/t9-,12-/m1/s1. The average molecular weight is 204 g/mol. The Morgan fingerprint density at radius 2 is 2.27 bits per heavy atom. The van der Waals surface area contributed by atoms with E-state index in [-0.39, 0.29) is 18.1 Å². The molecule has 0 spiro atoms. The van der Waals surface area contributed by atoms with Crippen molar-refractivity contribution in [3.63, 3.8) is 0 Å². The second-order valence-electron chi connectivity index (χ2n) is 4.31. The minimum atomic E-state index is -0.523. The van der Waals surface area contributed by atoms with E-state index in [2.05, 4.69) is 6.07 Å². The van der Waals surface area contributed by atoms with E-state index in [0.717, 1.165) is 12.8 Å². The highest BCUT2D eigenvalue weighted by Gasteiger charge is 2.28. The van der Waals surface area contributed by atoms with Crippen LogP contribution in [0.2, 0.25) is 0 Å². The number of hydrogen-bond acceptors (Lipinski definition) is 2. The van der Waals surface area contributed by atoms with Gasteiger partial charge in [0, 0.05) is 12.3 Å². The Hall–Kier alpha value is -1.15. The van der Waals surface area contributed by atoms with Crippen molar-refractivity contribution in [2.45, 2.75) is 38.2 Å². The molecule has 2 rings (SSSR count). The first-order chi connectivity index (χ1) is 7.18. The minimum Gasteiger partial charge on any atom is -0.393 e. The van der Waals surface area contributed by atoms with Crippen LogP contribution in [0, 0.1) is 0 Å². The molecule has 0 unspecified atom stereocenters. The number of aliphatic hydroxyl groups excluding tert-OH is 1. The molecule has 1 aliphatic rings. The second-order valence-corrected chi connectivity index (χ2v) is 4.31. The van der Waals surface area contributed by atoms with Gasteiger partial charge in [-0.3, -0.25) is 4.79 Å². The molecule has 2 nitrogen and oxygen atoms in total. The maximum absolute atomic E-state index is 11.9. The highest BCUT2D eigenvalue weighted by Crippen LogP contribution is 2.34. The number of benzene rings is 1. The van der Waals surface area contributed by atoms with E-state index >= 15 is 0 Å². The van der Waals surface area contributed by atoms with E-state index in [1.165, 1.54) is 11.1 Å². The summed E-state index contributed by atoms with van der Waals surface area (Å²) < 4.78 is 0. The third kappa shape index (κ3) is 2.10. The first kappa shape index (κ1) is 10.4. The van der Waals surface area contributed by atoms with Gasteiger partial charge in [0.1, 0.15) is 5.78 Å². The Morgan fingerprint density at radius 1 is 1.53 bits per heavy atom. The Kier molecular flexibility index (Phi) is 2.87. The zero-order chi connectivity index (χ0) is 10.8. The van der Waals surface area contributed by atoms with Gasteiger partial charge in [0.2, 0.25) is 0 Å². The summed E-state index contributed by atoms with van der Waals surface area (Å²) in [5, 5.41) is 9.21. The normalized spacial score (nSPS) is 21.1. The number of Topliss-reactive ketones (excluding diaryl/α,β-unsaturated/α-hetero) is 1. The zero-order valence-electron chi connectivity index (χ0n) is 8.94. The van der Waals surface area contributed by atoms with Crippen LogP contribution < -0.4 is 0 Å². The molecule has 2 atom stereocenters. The maximum atomic E-state index is 11.9. The van der Waals surface area contributed by atoms with Crippen LogP contribution in [0.5, 0.6) is 0 Å². The summed E-state index contributed by atoms with van der Waals surface area (Å²) in [7, 11) is 0. The Balaban J connectivity index is 2.17. The number of aryl methyl sites for hydroxylation is 1. The molecule has 1 aliphatic carbocycles. The van der Waals surface area contributed by atoms with Crippen LogP contribution in [0.25, 0.3) is 0 Å². The second kappa shape index (κ2) is 4.15. The quantitative estimate of drug-likeness (QED) is 0.818. The fraction of sp³-hybridized carbons (Fsp3) is 0.462. The summed E-state index contributed by atoms with van der Waals surface area (Å²) in [5.41, 5.74) is 2.46. The number of carbonyl (C=O) groups excluding carboxylic acids is 1. The van der Waals surface area contributed by atoms with E-state index in [1.807, 2.05) is 18.2 Å². The molecule has 0 fully saturated rings. The van der Waals surface area contributed by atoms with Crippen molar-refractivity contribution >= 4 is 5.78 Å². The molecule has 0 saturated carbocycles. The van der Waals surface area contributed by atoms with Crippen molar-refractivity contribution in [3.05, 3.63) is 35.4 Å². The minimum absolute atomic E-state index is 0.0239. The van der Waals surface area contributed by atoms with Crippen LogP contribution in [0.1, 0.15) is 36.8 Å². The van der Waals surface area contributed by atoms with Crippen molar-refractivity contribution in [1.82, 2.24) is 0 Å². The molecule has 0 radical (unpaired) electrons. The van der Waals surface area contributed by atoms with E-state index in [9.17, 15) is 9.90 Å². The van der Waals surface area contributed by atoms with Gasteiger partial charge >= 0.3 is 0 Å². The largest absolute Gasteiger partial charge is 0.393 e. The van der Waals surface area contributed by atoms with Gasteiger partial charge in [0.25, 0.3) is 0 Å². The molecule has 1 aromatic rings. The van der Waals surface area contributed by atoms with Crippen LogP contribution in [0.4, 0.5) is 0 Å². The van der Waals surface area contributed by atoms with Crippen LogP contribution in [-0.2, 0) is 11.2 Å². The summed E-state index contributed by atoms with van der Waals surface area (Å²) in [6.45, 7) is 1.67. The zero-order valence-corrected chi connectivity index (χ0v) is 8.94. The van der Waals surface area contributed by atoms with Crippen molar-refractivity contribution < 1.29 is 9.90 Å². The lowest BCUT2D eigenvalue weighted by Crippen LogP contribution is -2.15. The Morgan fingerprint density at radius 3 is 3.00 bits per heavy atom. The van der Waals surface area contributed by atoms with Crippen LogP contribution in [0.15, 0.2) is 24.3 Å². The van der Waals surface area contributed by atoms with Gasteiger partial charge in [-0.2, -0.15) is 0 Å². The van der Waals surface area contributed by atoms with Crippen LogP contribution in [-0.4, -0.2) is 17.0 Å². The number of hydrogen-bond donors (Lipinski definition) is 1. The van der Waals surface area contributed by atoms with Gasteiger partial charge in [0.15, 0.2) is 0 Å². The molecule has 0 aromatic heterocycles. The third-order valence-corrected chi connectivity index (χ3v) is 3.02. The number of ketones is 1. The van der Waals surface area contributed by atoms with Gasteiger partial charge in [0.05, 0.1) is 6.10 Å². The Bertz CT molecular complexity index is 369. The van der Waals surface area contributed by atoms with Crippen molar-refractivity contribution in [2.24, 2.45) is 0 Å². The van der Waals surface area contributed by atoms with E-state index in [1.54, 1.807) is 6.92 Å². The molecule has 0 saturated heterocycles. The molecular formula is C13H16O2. The lowest BCUT2D eigenvalue weighted by Gasteiger charge is -2.11. The fourth-order valence-corrected chi connectivity index (χ4v) is 2.32. The van der Waals surface area contributed by atoms with Crippen molar-refractivity contribution in [1.29, 1.82) is 0 Å². The molecule has 0 amide bonds. The number of fused-ring (bicyclic) bond motifs is 1. The molecule has 15 heavy (non-hydrogen) atoms. The molecule has 0 heterocycles. The predicted octanol–water partition coefficient (Wildman–Crippen LogP) is 2.06. The molecule has 0 aliphatic heterocycles. The van der Waals surface area contributed by atoms with Gasteiger partial charge in [-0.25, -0.2) is 0 Å². The average Bonchev–Trinajstić information content (AvgIpc) is 2.59. The number of carbonyl (C=O) groups is 1. The van der Waals surface area contributed by atoms with Crippen molar-refractivity contribution in [2.75, 3.05) is 0 Å². The molecule has 0 bridgehead atoms. The van der Waals surface area contributed by atoms with Crippen LogP contribution in [0.3, 0.4) is 0 Å². The Labute approximate surface area is 89.9 Å². The lowest BCUT2D eigenvalue weighted by molar-refractivity contribution is -0.122. The fourth-order valence-electron chi connectivity index (χ4n) is 2.32. The number of rotatable bonds is 3. The van der Waals surface area contributed by atoms with E-state index in [4.69, 9.17) is 0 Å². The predicted molar refractivity (Wildman–Crippen MR) is 58.8 cm³/mol. The molecule has 80 valence electrons. The SMILES string of the molecule is C[C@@H](O)CC(=O)[C@@H]1CCc2ccccc21. The first-order valence-electron chi connectivity index (χ1n) is 5.47. The smallest absolute Gasteiger partial charge is 0.142 e. The summed E-state index contributed by atoms with van der Waals surface area (Å²) in [6, 6.07) is 8.12. The van der Waals surface area contributed by atoms with Gasteiger partial charge in [-0.15, -0.1) is 0 Å². The van der Waals surface area contributed by atoms with Crippen molar-refractivity contribution in [3.8, 4) is 0 Å². The molecule has 1 N–H and O–H groups in total. The molecule has 1 aromatic carbocycles. The summed E-state index contributed by atoms with van der Waals surface area (Å²) in [6.07, 6.45) is 1.65. The third-order valence-electron chi connectivity index (χ3n) is 3.02. The van der Waals surface area contributed by atoms with Gasteiger partial charge in [-0.1, -0.05) is 24.3 Å². The summed E-state index contributed by atoms with van der Waals surface area (Å²) in [4.78, 5) is 11.9. The lowest BCUT2D eigenvalue weighted by atomic mass is 9.94. The summed E-state index contributed by atoms with van der Waals surface area (Å²) >= 11 is 0. The van der Waals surface area contributed by atoms with E-state index in [0.29, 0.717) is 0 Å². The topological polar surface area (TPSA) is 37.3 Å². The molecular weight excluding hydrogens is 188 g/mol.